The van der Waals surface area contributed by atoms with Crippen LogP contribution in [0.15, 0.2) is 27.5 Å². The Morgan fingerprint density at radius 1 is 1.00 bits per heavy atom. The van der Waals surface area contributed by atoms with E-state index in [9.17, 15) is 8.42 Å². The van der Waals surface area contributed by atoms with E-state index in [0.29, 0.717) is 4.90 Å². The fraction of sp³-hybridized carbons (Fsp3) is 0.588. The van der Waals surface area contributed by atoms with E-state index in [1.807, 2.05) is 32.0 Å². The van der Waals surface area contributed by atoms with E-state index in [4.69, 9.17) is 0 Å². The van der Waals surface area contributed by atoms with Gasteiger partial charge in [-0.1, -0.05) is 57.2 Å². The molecule has 0 aliphatic heterocycles. The fourth-order valence-electron chi connectivity index (χ4n) is 2.43. The van der Waals surface area contributed by atoms with Gasteiger partial charge in [0.1, 0.15) is 0 Å². The predicted octanol–water partition coefficient (Wildman–Crippen LogP) is 4.81. The summed E-state index contributed by atoms with van der Waals surface area (Å²) in [6, 6.07) is 5.48. The van der Waals surface area contributed by atoms with E-state index >= 15 is 0 Å². The first-order valence-corrected chi connectivity index (χ1v) is 9.28. The SMILES string of the molecule is CCCCCCCC/C=N/S(=O)(=O)c1c(C)cccc1C. The number of benzene rings is 1. The van der Waals surface area contributed by atoms with Crippen LogP contribution in [0.5, 0.6) is 0 Å². The van der Waals surface area contributed by atoms with E-state index in [1.165, 1.54) is 25.7 Å². The highest BCUT2D eigenvalue weighted by molar-refractivity contribution is 7.90. The molecular weight excluding hydrogens is 282 g/mol. The Balaban J connectivity index is 2.51. The van der Waals surface area contributed by atoms with Gasteiger partial charge in [0.2, 0.25) is 0 Å². The second-order valence-electron chi connectivity index (χ2n) is 5.54. The van der Waals surface area contributed by atoms with Crippen molar-refractivity contribution in [2.75, 3.05) is 0 Å². The van der Waals surface area contributed by atoms with Crippen molar-refractivity contribution < 1.29 is 8.42 Å². The molecule has 0 saturated carbocycles. The second-order valence-corrected chi connectivity index (χ2v) is 7.11. The number of hydrogen-bond donors (Lipinski definition) is 0. The van der Waals surface area contributed by atoms with Crippen LogP contribution in [0.2, 0.25) is 0 Å². The van der Waals surface area contributed by atoms with Gasteiger partial charge in [-0.3, -0.25) is 0 Å². The van der Waals surface area contributed by atoms with Crippen molar-refractivity contribution in [3.63, 3.8) is 0 Å². The summed E-state index contributed by atoms with van der Waals surface area (Å²) in [7, 11) is -3.55. The van der Waals surface area contributed by atoms with E-state index in [-0.39, 0.29) is 0 Å². The molecule has 0 aromatic heterocycles. The van der Waals surface area contributed by atoms with Crippen LogP contribution < -0.4 is 0 Å². The van der Waals surface area contributed by atoms with Gasteiger partial charge in [0, 0.05) is 6.21 Å². The normalized spacial score (nSPS) is 12.1. The van der Waals surface area contributed by atoms with Crippen LogP contribution in [0.4, 0.5) is 0 Å². The summed E-state index contributed by atoms with van der Waals surface area (Å²) in [5, 5.41) is 0. The summed E-state index contributed by atoms with van der Waals surface area (Å²) in [4.78, 5) is 0.351. The number of aryl methyl sites for hydroxylation is 2. The largest absolute Gasteiger partial charge is 0.282 e. The average Bonchev–Trinajstić information content (AvgIpc) is 2.41. The first-order chi connectivity index (χ1) is 9.99. The molecule has 0 N–H and O–H groups in total. The zero-order valence-corrected chi connectivity index (χ0v) is 14.2. The molecule has 0 amide bonds. The van der Waals surface area contributed by atoms with Crippen molar-refractivity contribution in [1.29, 1.82) is 0 Å². The van der Waals surface area contributed by atoms with Crippen molar-refractivity contribution in [2.24, 2.45) is 4.40 Å². The Labute approximate surface area is 129 Å². The molecule has 0 saturated heterocycles. The van der Waals surface area contributed by atoms with E-state index in [0.717, 1.165) is 30.4 Å². The van der Waals surface area contributed by atoms with Gasteiger partial charge in [-0.05, 0) is 37.8 Å². The van der Waals surface area contributed by atoms with Crippen molar-refractivity contribution in [3.05, 3.63) is 29.3 Å². The number of rotatable bonds is 9. The Kier molecular flexibility index (Phi) is 7.65. The molecule has 4 heteroatoms. The minimum absolute atomic E-state index is 0.351. The van der Waals surface area contributed by atoms with E-state index in [1.54, 1.807) is 6.21 Å². The van der Waals surface area contributed by atoms with Gasteiger partial charge >= 0.3 is 0 Å². The van der Waals surface area contributed by atoms with E-state index in [2.05, 4.69) is 11.3 Å². The van der Waals surface area contributed by atoms with E-state index < -0.39 is 10.0 Å². The quantitative estimate of drug-likeness (QED) is 0.485. The lowest BCUT2D eigenvalue weighted by Gasteiger charge is -2.06. The molecule has 1 aromatic rings. The maximum absolute atomic E-state index is 12.2. The zero-order valence-electron chi connectivity index (χ0n) is 13.4. The predicted molar refractivity (Wildman–Crippen MR) is 89.6 cm³/mol. The fourth-order valence-corrected chi connectivity index (χ4v) is 3.78. The maximum atomic E-state index is 12.2. The molecule has 0 unspecified atom stereocenters. The third-order valence-corrected chi connectivity index (χ3v) is 5.15. The van der Waals surface area contributed by atoms with Gasteiger partial charge in [0.05, 0.1) is 4.90 Å². The van der Waals surface area contributed by atoms with Crippen LogP contribution in [-0.4, -0.2) is 14.6 Å². The minimum Gasteiger partial charge on any atom is -0.199 e. The summed E-state index contributed by atoms with van der Waals surface area (Å²) >= 11 is 0. The molecule has 0 fully saturated rings. The molecule has 21 heavy (non-hydrogen) atoms. The minimum atomic E-state index is -3.55. The van der Waals surface area contributed by atoms with Crippen LogP contribution in [0.25, 0.3) is 0 Å². The molecule has 0 aliphatic rings. The van der Waals surface area contributed by atoms with Gasteiger partial charge < -0.3 is 0 Å². The van der Waals surface area contributed by atoms with Crippen molar-refractivity contribution in [3.8, 4) is 0 Å². The Morgan fingerprint density at radius 2 is 1.57 bits per heavy atom. The number of sulfonamides is 1. The number of unbranched alkanes of at least 4 members (excludes halogenated alkanes) is 6. The smallest absolute Gasteiger partial charge is 0.199 e. The van der Waals surface area contributed by atoms with Crippen molar-refractivity contribution in [2.45, 2.75) is 70.6 Å². The van der Waals surface area contributed by atoms with Gasteiger partial charge in [0.15, 0.2) is 0 Å². The average molecular weight is 309 g/mol. The van der Waals surface area contributed by atoms with Crippen molar-refractivity contribution in [1.82, 2.24) is 0 Å². The van der Waals surface area contributed by atoms with Crippen LogP contribution in [0.3, 0.4) is 0 Å². The number of hydrogen-bond acceptors (Lipinski definition) is 2. The third-order valence-electron chi connectivity index (χ3n) is 3.57. The van der Waals surface area contributed by atoms with Gasteiger partial charge in [-0.2, -0.15) is 12.8 Å². The molecule has 3 nitrogen and oxygen atoms in total. The van der Waals surface area contributed by atoms with Crippen molar-refractivity contribution >= 4 is 16.2 Å². The molecule has 1 rings (SSSR count). The summed E-state index contributed by atoms with van der Waals surface area (Å²) in [6.45, 7) is 5.82. The molecule has 118 valence electrons. The number of nitrogens with zero attached hydrogens (tertiary/aromatic N) is 1. The lowest BCUT2D eigenvalue weighted by atomic mass is 10.1. The second kappa shape index (κ2) is 8.98. The summed E-state index contributed by atoms with van der Waals surface area (Å²) in [5.41, 5.74) is 1.51. The van der Waals surface area contributed by atoms with Crippen LogP contribution in [-0.2, 0) is 10.0 Å². The molecular formula is C17H27NO2S. The highest BCUT2D eigenvalue weighted by Crippen LogP contribution is 2.21. The Morgan fingerprint density at radius 3 is 2.19 bits per heavy atom. The topological polar surface area (TPSA) is 46.5 Å². The summed E-state index contributed by atoms with van der Waals surface area (Å²) in [6.07, 6.45) is 9.48. The highest BCUT2D eigenvalue weighted by atomic mass is 32.2. The molecule has 0 radical (unpaired) electrons. The molecule has 0 spiro atoms. The summed E-state index contributed by atoms with van der Waals surface area (Å²) < 4.78 is 28.3. The first-order valence-electron chi connectivity index (χ1n) is 7.84. The molecule has 0 aliphatic carbocycles. The molecule has 1 aromatic carbocycles. The Bertz CT molecular complexity index is 542. The van der Waals surface area contributed by atoms with Gasteiger partial charge in [-0.25, -0.2) is 0 Å². The zero-order chi connectivity index (χ0) is 15.7. The van der Waals surface area contributed by atoms with Crippen LogP contribution >= 0.6 is 0 Å². The van der Waals surface area contributed by atoms with Crippen LogP contribution in [0.1, 0.15) is 63.0 Å². The summed E-state index contributed by atoms with van der Waals surface area (Å²) in [5.74, 6) is 0. The lowest BCUT2D eigenvalue weighted by Crippen LogP contribution is -2.02. The molecule has 0 heterocycles. The molecule has 0 bridgehead atoms. The maximum Gasteiger partial charge on any atom is 0.282 e. The first kappa shape index (κ1) is 17.9. The van der Waals surface area contributed by atoms with Gasteiger partial charge in [0.25, 0.3) is 10.0 Å². The monoisotopic (exact) mass is 309 g/mol. The molecule has 0 atom stereocenters. The highest BCUT2D eigenvalue weighted by Gasteiger charge is 2.17. The third kappa shape index (κ3) is 6.00. The van der Waals surface area contributed by atoms with Crippen LogP contribution in [0, 0.1) is 13.8 Å². The standard InChI is InChI=1S/C17H27NO2S/c1-4-5-6-7-8-9-10-14-18-21(19,20)17-15(2)12-11-13-16(17)3/h11-14H,4-10H2,1-3H3/b18-14+. The lowest BCUT2D eigenvalue weighted by molar-refractivity contribution is 0.596. The Hall–Kier alpha value is -1.16. The van der Waals surface area contributed by atoms with Gasteiger partial charge in [-0.15, -0.1) is 0 Å².